The number of pyridine rings is 1. The molecule has 1 unspecified atom stereocenters. The van der Waals surface area contributed by atoms with Crippen LogP contribution in [0.5, 0.6) is 0 Å². The van der Waals surface area contributed by atoms with Gasteiger partial charge in [-0.1, -0.05) is 6.07 Å². The highest BCUT2D eigenvalue weighted by molar-refractivity contribution is 4.93. The van der Waals surface area contributed by atoms with E-state index in [0.717, 1.165) is 19.7 Å². The molecule has 0 aliphatic rings. The molecule has 0 aliphatic heterocycles. The molecule has 1 heterocycles. The van der Waals surface area contributed by atoms with Gasteiger partial charge in [-0.05, 0) is 19.9 Å². The molecule has 1 aromatic rings. The molecule has 0 aliphatic carbocycles. The number of rotatable bonds is 7. The van der Waals surface area contributed by atoms with E-state index in [2.05, 4.69) is 5.32 Å². The minimum Gasteiger partial charge on any atom is -0.377 e. The summed E-state index contributed by atoms with van der Waals surface area (Å²) in [5, 5.41) is 3.26. The second kappa shape index (κ2) is 7.19. The summed E-state index contributed by atoms with van der Waals surface area (Å²) in [4.78, 5) is 11.4. The van der Waals surface area contributed by atoms with Gasteiger partial charge in [-0.15, -0.1) is 0 Å². The minimum absolute atomic E-state index is 0.0437. The third kappa shape index (κ3) is 4.59. The van der Waals surface area contributed by atoms with Crippen molar-refractivity contribution < 1.29 is 4.74 Å². The third-order valence-electron chi connectivity index (χ3n) is 2.31. The van der Waals surface area contributed by atoms with Crippen molar-refractivity contribution in [1.29, 1.82) is 0 Å². The van der Waals surface area contributed by atoms with Gasteiger partial charge >= 0.3 is 0 Å². The fourth-order valence-corrected chi connectivity index (χ4v) is 1.49. The molecule has 4 heteroatoms. The first-order chi connectivity index (χ1) is 7.74. The van der Waals surface area contributed by atoms with Gasteiger partial charge in [0, 0.05) is 38.5 Å². The van der Waals surface area contributed by atoms with Gasteiger partial charge in [-0.2, -0.15) is 0 Å². The van der Waals surface area contributed by atoms with Gasteiger partial charge in [0.25, 0.3) is 5.56 Å². The highest BCUT2D eigenvalue weighted by Gasteiger charge is 1.99. The van der Waals surface area contributed by atoms with E-state index >= 15 is 0 Å². The van der Waals surface area contributed by atoms with Crippen molar-refractivity contribution in [2.24, 2.45) is 0 Å². The van der Waals surface area contributed by atoms with Crippen LogP contribution in [0, 0.1) is 0 Å². The van der Waals surface area contributed by atoms with Gasteiger partial charge in [0.1, 0.15) is 0 Å². The Balaban J connectivity index is 2.21. The van der Waals surface area contributed by atoms with Gasteiger partial charge < -0.3 is 14.6 Å². The number of ether oxygens (including phenoxy) is 1. The quantitative estimate of drug-likeness (QED) is 0.699. The summed E-state index contributed by atoms with van der Waals surface area (Å²) in [6.07, 6.45) is 2.02. The molecule has 0 radical (unpaired) electrons. The van der Waals surface area contributed by atoms with E-state index in [4.69, 9.17) is 4.74 Å². The average molecular weight is 224 g/mol. The molecule has 0 aromatic carbocycles. The Morgan fingerprint density at radius 3 is 3.00 bits per heavy atom. The van der Waals surface area contributed by atoms with Crippen molar-refractivity contribution in [1.82, 2.24) is 9.88 Å². The average Bonchev–Trinajstić information content (AvgIpc) is 2.27. The topological polar surface area (TPSA) is 43.3 Å². The molecule has 1 atom stereocenters. The van der Waals surface area contributed by atoms with Crippen LogP contribution in [0.3, 0.4) is 0 Å². The first-order valence-electron chi connectivity index (χ1n) is 5.72. The van der Waals surface area contributed by atoms with Crippen LogP contribution in [-0.2, 0) is 11.3 Å². The minimum atomic E-state index is 0.0437. The molecule has 0 saturated heterocycles. The normalized spacial score (nSPS) is 12.6. The molecule has 0 spiro atoms. The van der Waals surface area contributed by atoms with Crippen LogP contribution in [0.4, 0.5) is 0 Å². The van der Waals surface area contributed by atoms with E-state index in [1.807, 2.05) is 19.9 Å². The van der Waals surface area contributed by atoms with Crippen molar-refractivity contribution in [3.05, 3.63) is 34.7 Å². The van der Waals surface area contributed by atoms with E-state index in [0.29, 0.717) is 6.54 Å². The number of hydrogen-bond donors (Lipinski definition) is 1. The Hall–Kier alpha value is -1.13. The fraction of sp³-hybridized carbons (Fsp3) is 0.583. The van der Waals surface area contributed by atoms with E-state index in [1.54, 1.807) is 22.9 Å². The lowest BCUT2D eigenvalue weighted by Gasteiger charge is -2.12. The molecule has 0 bridgehead atoms. The smallest absolute Gasteiger partial charge is 0.250 e. The molecule has 1 rings (SSSR count). The van der Waals surface area contributed by atoms with E-state index in [1.165, 1.54) is 0 Å². The van der Waals surface area contributed by atoms with Gasteiger partial charge in [-0.3, -0.25) is 4.79 Å². The van der Waals surface area contributed by atoms with Crippen molar-refractivity contribution in [2.75, 3.05) is 19.7 Å². The largest absolute Gasteiger partial charge is 0.377 e. The molecule has 1 aromatic heterocycles. The predicted octanol–water partition coefficient (Wildman–Crippen LogP) is 0.863. The highest BCUT2D eigenvalue weighted by Crippen LogP contribution is 1.87. The highest BCUT2D eigenvalue weighted by atomic mass is 16.5. The monoisotopic (exact) mass is 224 g/mol. The number of nitrogens with one attached hydrogen (secondary N) is 1. The maximum Gasteiger partial charge on any atom is 0.250 e. The van der Waals surface area contributed by atoms with Crippen molar-refractivity contribution >= 4 is 0 Å². The maximum atomic E-state index is 11.4. The Bertz CT molecular complexity index is 349. The van der Waals surface area contributed by atoms with Crippen LogP contribution in [0.25, 0.3) is 0 Å². The van der Waals surface area contributed by atoms with Gasteiger partial charge in [0.15, 0.2) is 0 Å². The van der Waals surface area contributed by atoms with Gasteiger partial charge in [0.2, 0.25) is 0 Å². The summed E-state index contributed by atoms with van der Waals surface area (Å²) in [5.74, 6) is 0. The first-order valence-corrected chi connectivity index (χ1v) is 5.72. The molecule has 4 nitrogen and oxygen atoms in total. The van der Waals surface area contributed by atoms with Crippen molar-refractivity contribution in [2.45, 2.75) is 26.5 Å². The van der Waals surface area contributed by atoms with Gasteiger partial charge in [-0.25, -0.2) is 0 Å². The van der Waals surface area contributed by atoms with Crippen LogP contribution in [-0.4, -0.2) is 30.4 Å². The Kier molecular flexibility index (Phi) is 5.82. The number of hydrogen-bond acceptors (Lipinski definition) is 3. The number of nitrogens with zero attached hydrogens (tertiary/aromatic N) is 1. The molecule has 90 valence electrons. The predicted molar refractivity (Wildman–Crippen MR) is 64.7 cm³/mol. The Labute approximate surface area is 96.2 Å². The van der Waals surface area contributed by atoms with Crippen LogP contribution < -0.4 is 10.9 Å². The Morgan fingerprint density at radius 2 is 2.31 bits per heavy atom. The summed E-state index contributed by atoms with van der Waals surface area (Å²) in [7, 11) is 0. The molecular weight excluding hydrogens is 204 g/mol. The standard InChI is InChI=1S/C12H20N2O2/c1-3-16-11(2)10-13-7-9-14-8-5-4-6-12(14)15/h4-6,8,11,13H,3,7,9-10H2,1-2H3. The summed E-state index contributed by atoms with van der Waals surface area (Å²) in [6.45, 7) is 7.04. The first kappa shape index (κ1) is 12.9. The molecule has 1 N–H and O–H groups in total. The van der Waals surface area contributed by atoms with Crippen LogP contribution >= 0.6 is 0 Å². The SMILES string of the molecule is CCOC(C)CNCCn1ccccc1=O. The van der Waals surface area contributed by atoms with Crippen LogP contribution in [0.2, 0.25) is 0 Å². The van der Waals surface area contributed by atoms with Crippen LogP contribution in [0.15, 0.2) is 29.2 Å². The zero-order valence-corrected chi connectivity index (χ0v) is 9.98. The molecular formula is C12H20N2O2. The third-order valence-corrected chi connectivity index (χ3v) is 2.31. The maximum absolute atomic E-state index is 11.4. The van der Waals surface area contributed by atoms with E-state index in [9.17, 15) is 4.79 Å². The van der Waals surface area contributed by atoms with E-state index < -0.39 is 0 Å². The number of aromatic nitrogens is 1. The summed E-state index contributed by atoms with van der Waals surface area (Å²) in [5.41, 5.74) is 0.0437. The lowest BCUT2D eigenvalue weighted by atomic mass is 10.4. The second-order valence-electron chi connectivity index (χ2n) is 3.70. The van der Waals surface area contributed by atoms with Crippen molar-refractivity contribution in [3.63, 3.8) is 0 Å². The molecule has 16 heavy (non-hydrogen) atoms. The zero-order chi connectivity index (χ0) is 11.8. The molecule has 0 saturated carbocycles. The lowest BCUT2D eigenvalue weighted by molar-refractivity contribution is 0.0761. The molecule has 0 fully saturated rings. The summed E-state index contributed by atoms with van der Waals surface area (Å²) in [6, 6.07) is 5.19. The van der Waals surface area contributed by atoms with Gasteiger partial charge in [0.05, 0.1) is 6.10 Å². The Morgan fingerprint density at radius 1 is 1.50 bits per heavy atom. The summed E-state index contributed by atoms with van der Waals surface area (Å²) >= 11 is 0. The summed E-state index contributed by atoms with van der Waals surface area (Å²) < 4.78 is 7.08. The fourth-order valence-electron chi connectivity index (χ4n) is 1.49. The molecule has 0 amide bonds. The van der Waals surface area contributed by atoms with Crippen LogP contribution in [0.1, 0.15) is 13.8 Å². The zero-order valence-electron chi connectivity index (χ0n) is 9.98. The lowest BCUT2D eigenvalue weighted by Crippen LogP contribution is -2.31. The van der Waals surface area contributed by atoms with Crippen molar-refractivity contribution in [3.8, 4) is 0 Å². The second-order valence-corrected chi connectivity index (χ2v) is 3.70. The van der Waals surface area contributed by atoms with E-state index in [-0.39, 0.29) is 11.7 Å².